The molecule has 0 saturated carbocycles. The highest BCUT2D eigenvalue weighted by atomic mass is 35.5. The largest absolute Gasteiger partial charge is 0.395 e. The molecule has 3 fully saturated rings. The number of β-amino-alcohol motifs (C(OH)–C–C–N with tert-alkyl or cyclic N) is 1. The van der Waals surface area contributed by atoms with Crippen molar-refractivity contribution in [2.45, 2.75) is 35.3 Å². The van der Waals surface area contributed by atoms with E-state index in [-0.39, 0.29) is 30.9 Å². The molecule has 2 bridgehead atoms. The van der Waals surface area contributed by atoms with Crippen molar-refractivity contribution in [1.29, 1.82) is 0 Å². The molecule has 2 aromatic rings. The molecule has 34 heavy (non-hydrogen) atoms. The van der Waals surface area contributed by atoms with Crippen LogP contribution in [0.15, 0.2) is 54.6 Å². The summed E-state index contributed by atoms with van der Waals surface area (Å²) in [6.07, 6.45) is 1.38. The van der Waals surface area contributed by atoms with E-state index in [1.807, 2.05) is 37.3 Å². The summed E-state index contributed by atoms with van der Waals surface area (Å²) in [6, 6.07) is 15.2. The number of hydrogen-bond donors (Lipinski definition) is 3. The molecule has 5 atom stereocenters. The third kappa shape index (κ3) is 3.59. The second kappa shape index (κ2) is 8.59. The molecule has 3 aliphatic heterocycles. The molecule has 0 aromatic heterocycles. The van der Waals surface area contributed by atoms with Crippen LogP contribution in [0.2, 0.25) is 5.02 Å². The Labute approximate surface area is 207 Å². The summed E-state index contributed by atoms with van der Waals surface area (Å²) in [4.78, 5) is 42.3. The Morgan fingerprint density at radius 2 is 1.71 bits per heavy atom. The Morgan fingerprint density at radius 1 is 1.06 bits per heavy atom. The zero-order valence-electron chi connectivity index (χ0n) is 18.7. The van der Waals surface area contributed by atoms with Gasteiger partial charge in [0.15, 0.2) is 0 Å². The first kappa shape index (κ1) is 23.2. The maximum Gasteiger partial charge on any atom is 0.248 e. The van der Waals surface area contributed by atoms with E-state index in [1.54, 1.807) is 36.0 Å². The number of halogens is 1. The molecular weight excluding hydrogens is 474 g/mol. The Hall–Kier alpha value is -2.55. The molecule has 9 heteroatoms. The van der Waals surface area contributed by atoms with Crippen molar-refractivity contribution >= 4 is 52.5 Å². The minimum absolute atomic E-state index is 0.0418. The number of thioether (sulfide) groups is 1. The number of rotatable bonds is 6. The zero-order valence-corrected chi connectivity index (χ0v) is 20.2. The van der Waals surface area contributed by atoms with Gasteiger partial charge in [-0.15, -0.1) is 11.8 Å². The van der Waals surface area contributed by atoms with Gasteiger partial charge in [0.05, 0.1) is 23.2 Å². The Balaban J connectivity index is 1.48. The Kier molecular flexibility index (Phi) is 5.86. The highest BCUT2D eigenvalue weighted by molar-refractivity contribution is 8.02. The predicted molar refractivity (Wildman–Crippen MR) is 133 cm³/mol. The first-order valence-electron chi connectivity index (χ1n) is 11.3. The summed E-state index contributed by atoms with van der Waals surface area (Å²) in [5, 5.41) is 16.1. The summed E-state index contributed by atoms with van der Waals surface area (Å²) >= 11 is 7.56. The number of amides is 3. The van der Waals surface area contributed by atoms with Crippen LogP contribution in [0.3, 0.4) is 0 Å². The van der Waals surface area contributed by atoms with Crippen molar-refractivity contribution in [3.8, 4) is 0 Å². The van der Waals surface area contributed by atoms with Gasteiger partial charge in [0.2, 0.25) is 17.7 Å². The number of anilines is 2. The number of benzene rings is 2. The van der Waals surface area contributed by atoms with Crippen LogP contribution in [-0.2, 0) is 14.4 Å². The Bertz CT molecular complexity index is 1130. The predicted octanol–water partition coefficient (Wildman–Crippen LogP) is 3.39. The normalized spacial score (nSPS) is 31.4. The lowest BCUT2D eigenvalue weighted by atomic mass is 9.66. The van der Waals surface area contributed by atoms with Crippen LogP contribution in [0.25, 0.3) is 0 Å². The molecule has 3 heterocycles. The average Bonchev–Trinajstić information content (AvgIpc) is 3.37. The van der Waals surface area contributed by atoms with E-state index in [0.717, 1.165) is 6.42 Å². The maximum atomic E-state index is 13.7. The van der Waals surface area contributed by atoms with Gasteiger partial charge in [0.1, 0.15) is 6.04 Å². The van der Waals surface area contributed by atoms with Crippen LogP contribution in [0.5, 0.6) is 0 Å². The summed E-state index contributed by atoms with van der Waals surface area (Å²) in [5.74, 6) is -1.97. The van der Waals surface area contributed by atoms with Gasteiger partial charge >= 0.3 is 0 Å². The lowest BCUT2D eigenvalue weighted by Gasteiger charge is -2.34. The summed E-state index contributed by atoms with van der Waals surface area (Å²) in [6.45, 7) is 1.81. The van der Waals surface area contributed by atoms with Crippen molar-refractivity contribution < 1.29 is 19.5 Å². The van der Waals surface area contributed by atoms with Crippen LogP contribution in [-0.4, -0.2) is 56.4 Å². The zero-order chi connectivity index (χ0) is 24.1. The van der Waals surface area contributed by atoms with Crippen molar-refractivity contribution in [3.63, 3.8) is 0 Å². The van der Waals surface area contributed by atoms with Gasteiger partial charge in [-0.1, -0.05) is 29.8 Å². The quantitative estimate of drug-likeness (QED) is 0.566. The summed E-state index contributed by atoms with van der Waals surface area (Å²) < 4.78 is -1.18. The molecule has 3 N–H and O–H groups in total. The molecular formula is C25H26ClN3O4S. The first-order chi connectivity index (χ1) is 16.3. The number of nitrogens with zero attached hydrogens (tertiary/aromatic N) is 1. The molecule has 5 rings (SSSR count). The van der Waals surface area contributed by atoms with E-state index in [1.165, 1.54) is 4.90 Å². The van der Waals surface area contributed by atoms with E-state index >= 15 is 0 Å². The number of likely N-dealkylation sites (tertiary alicyclic amines) is 1. The monoisotopic (exact) mass is 499 g/mol. The van der Waals surface area contributed by atoms with Gasteiger partial charge < -0.3 is 20.6 Å². The fourth-order valence-electron chi connectivity index (χ4n) is 5.96. The van der Waals surface area contributed by atoms with Crippen molar-refractivity contribution in [2.24, 2.45) is 11.8 Å². The van der Waals surface area contributed by atoms with Gasteiger partial charge in [-0.25, -0.2) is 0 Å². The van der Waals surface area contributed by atoms with Gasteiger partial charge in [-0.2, -0.15) is 0 Å². The molecule has 178 valence electrons. The summed E-state index contributed by atoms with van der Waals surface area (Å²) in [7, 11) is 0. The number of hydrogen-bond acceptors (Lipinski definition) is 5. The molecule has 0 radical (unpaired) electrons. The molecule has 2 aromatic carbocycles. The lowest BCUT2D eigenvalue weighted by Crippen LogP contribution is -2.52. The topological polar surface area (TPSA) is 98.7 Å². The number of para-hydroxylation sites is 1. The van der Waals surface area contributed by atoms with Gasteiger partial charge in [0, 0.05) is 27.7 Å². The number of carbonyl (C=O) groups is 3. The third-order valence-corrected chi connectivity index (χ3v) is 9.54. The fourth-order valence-corrected chi connectivity index (χ4v) is 8.44. The van der Waals surface area contributed by atoms with Crippen LogP contribution in [0.4, 0.5) is 11.4 Å². The summed E-state index contributed by atoms with van der Waals surface area (Å²) in [5.41, 5.74) is 1.25. The molecule has 3 amide bonds. The minimum Gasteiger partial charge on any atom is -0.395 e. The minimum atomic E-state index is -0.783. The van der Waals surface area contributed by atoms with E-state index in [9.17, 15) is 19.5 Å². The molecule has 1 spiro atoms. The second-order valence-electron chi connectivity index (χ2n) is 9.33. The first-order valence-corrected chi connectivity index (χ1v) is 12.5. The van der Waals surface area contributed by atoms with Gasteiger partial charge in [0.25, 0.3) is 0 Å². The molecule has 3 saturated heterocycles. The average molecular weight is 500 g/mol. The number of aliphatic hydroxyl groups excluding tert-OH is 1. The number of carbonyl (C=O) groups excluding carboxylic acids is 3. The highest BCUT2D eigenvalue weighted by Gasteiger charge is 2.77. The van der Waals surface area contributed by atoms with E-state index < -0.39 is 27.4 Å². The standard InChI is InChI=1S/C25H26ClN3O4S/c1-24-11-12-25(34-24)19(18(24)21(31)27-16-5-3-2-4-6-16)23(33)29(13-14-30)20(25)22(32)28-17-9-7-15(26)8-10-17/h2-10,18-20,30H,11-14H2,1H3,(H,27,31)(H,28,32)/t18-,19-,20?,24+,25?/m0/s1. The highest BCUT2D eigenvalue weighted by Crippen LogP contribution is 2.71. The SMILES string of the molecule is C[C@]12CCC3(S1)C(C(=O)Nc1ccc(Cl)cc1)N(CCO)C(=O)[C@@H]3[C@H]2C(=O)Nc1ccccc1. The van der Waals surface area contributed by atoms with E-state index in [4.69, 9.17) is 11.6 Å². The van der Waals surface area contributed by atoms with Crippen molar-refractivity contribution in [2.75, 3.05) is 23.8 Å². The van der Waals surface area contributed by atoms with Crippen LogP contribution in [0, 0.1) is 11.8 Å². The van der Waals surface area contributed by atoms with E-state index in [0.29, 0.717) is 22.8 Å². The van der Waals surface area contributed by atoms with Crippen molar-refractivity contribution in [3.05, 3.63) is 59.6 Å². The van der Waals surface area contributed by atoms with Crippen LogP contribution < -0.4 is 10.6 Å². The van der Waals surface area contributed by atoms with E-state index in [2.05, 4.69) is 10.6 Å². The van der Waals surface area contributed by atoms with Gasteiger partial charge in [-0.3, -0.25) is 14.4 Å². The third-order valence-electron chi connectivity index (χ3n) is 7.30. The number of nitrogens with one attached hydrogen (secondary N) is 2. The number of aliphatic hydroxyl groups is 1. The second-order valence-corrected chi connectivity index (χ2v) is 11.7. The van der Waals surface area contributed by atoms with Gasteiger partial charge in [-0.05, 0) is 56.2 Å². The molecule has 3 aliphatic rings. The molecule has 0 aliphatic carbocycles. The van der Waals surface area contributed by atoms with Crippen LogP contribution in [0.1, 0.15) is 19.8 Å². The fraction of sp³-hybridized carbons (Fsp3) is 0.400. The number of fused-ring (bicyclic) bond motifs is 1. The maximum absolute atomic E-state index is 13.7. The van der Waals surface area contributed by atoms with Crippen molar-refractivity contribution in [1.82, 2.24) is 4.90 Å². The Morgan fingerprint density at radius 3 is 2.38 bits per heavy atom. The molecule has 7 nitrogen and oxygen atoms in total. The smallest absolute Gasteiger partial charge is 0.248 e. The lowest BCUT2D eigenvalue weighted by molar-refractivity contribution is -0.139. The molecule has 2 unspecified atom stereocenters. The van der Waals surface area contributed by atoms with Crippen LogP contribution >= 0.6 is 23.4 Å².